The van der Waals surface area contributed by atoms with Crippen LogP contribution in [-0.4, -0.2) is 35.5 Å². The summed E-state index contributed by atoms with van der Waals surface area (Å²) in [5, 5.41) is 3.13. The first-order valence-electron chi connectivity index (χ1n) is 4.25. The fourth-order valence-electron chi connectivity index (χ4n) is 1.33. The van der Waals surface area contributed by atoms with E-state index in [2.05, 4.69) is 15.3 Å². The topological polar surface area (TPSA) is 58.1 Å². The van der Waals surface area contributed by atoms with Crippen LogP contribution in [0.25, 0.3) is 0 Å². The Bertz CT molecular complexity index is 357. The van der Waals surface area contributed by atoms with Crippen LogP contribution in [0.1, 0.15) is 0 Å². The van der Waals surface area contributed by atoms with Gasteiger partial charge in [-0.3, -0.25) is 4.79 Å². The number of halogens is 1. The zero-order valence-electron chi connectivity index (χ0n) is 7.40. The number of hydrogen-bond donors (Lipinski definition) is 1. The van der Waals surface area contributed by atoms with Crippen molar-refractivity contribution in [1.82, 2.24) is 15.3 Å². The molecule has 1 aromatic heterocycles. The standard InChI is InChI=1S/C8H9ClN4O/c9-6-3-7(12-5-11-6)13-2-1-10-8(14)4-13/h3,5H,1-2,4H2,(H,10,14). The third kappa shape index (κ3) is 1.93. The molecule has 14 heavy (non-hydrogen) atoms. The van der Waals surface area contributed by atoms with Gasteiger partial charge in [0.2, 0.25) is 5.91 Å². The molecule has 0 radical (unpaired) electrons. The van der Waals surface area contributed by atoms with Gasteiger partial charge in [0.15, 0.2) is 0 Å². The molecule has 1 saturated heterocycles. The van der Waals surface area contributed by atoms with Crippen LogP contribution < -0.4 is 10.2 Å². The molecule has 2 heterocycles. The molecule has 0 aliphatic carbocycles. The quantitative estimate of drug-likeness (QED) is 0.670. The molecular weight excluding hydrogens is 204 g/mol. The number of anilines is 1. The van der Waals surface area contributed by atoms with E-state index in [4.69, 9.17) is 11.6 Å². The minimum absolute atomic E-state index is 0.00554. The van der Waals surface area contributed by atoms with Gasteiger partial charge in [0.1, 0.15) is 17.3 Å². The Hall–Kier alpha value is -1.36. The smallest absolute Gasteiger partial charge is 0.239 e. The highest BCUT2D eigenvalue weighted by molar-refractivity contribution is 6.29. The summed E-state index contributed by atoms with van der Waals surface area (Å²) in [4.78, 5) is 20.8. The summed E-state index contributed by atoms with van der Waals surface area (Å²) < 4.78 is 0. The van der Waals surface area contributed by atoms with Crippen LogP contribution in [0.5, 0.6) is 0 Å². The van der Waals surface area contributed by atoms with Crippen molar-refractivity contribution in [2.75, 3.05) is 24.5 Å². The molecule has 0 spiro atoms. The summed E-state index contributed by atoms with van der Waals surface area (Å²) in [6, 6.07) is 1.65. The number of hydrogen-bond acceptors (Lipinski definition) is 4. The Balaban J connectivity index is 2.17. The second-order valence-corrected chi connectivity index (χ2v) is 3.36. The molecule has 0 aromatic carbocycles. The monoisotopic (exact) mass is 212 g/mol. The van der Waals surface area contributed by atoms with Crippen LogP contribution in [0.2, 0.25) is 5.15 Å². The predicted molar refractivity (Wildman–Crippen MR) is 52.3 cm³/mol. The minimum atomic E-state index is 0.00554. The third-order valence-corrected chi connectivity index (χ3v) is 2.19. The van der Waals surface area contributed by atoms with E-state index in [0.29, 0.717) is 24.1 Å². The Kier molecular flexibility index (Phi) is 2.49. The Morgan fingerprint density at radius 3 is 3.07 bits per heavy atom. The van der Waals surface area contributed by atoms with Crippen LogP contribution >= 0.6 is 11.6 Å². The largest absolute Gasteiger partial charge is 0.353 e. The van der Waals surface area contributed by atoms with Crippen molar-refractivity contribution in [3.63, 3.8) is 0 Å². The number of piperazine rings is 1. The minimum Gasteiger partial charge on any atom is -0.353 e. The van der Waals surface area contributed by atoms with Crippen molar-refractivity contribution in [1.29, 1.82) is 0 Å². The van der Waals surface area contributed by atoms with Crippen molar-refractivity contribution in [3.8, 4) is 0 Å². The lowest BCUT2D eigenvalue weighted by Crippen LogP contribution is -2.48. The van der Waals surface area contributed by atoms with E-state index in [1.807, 2.05) is 4.90 Å². The number of aromatic nitrogens is 2. The summed E-state index contributed by atoms with van der Waals surface area (Å²) in [6.45, 7) is 1.72. The van der Waals surface area contributed by atoms with E-state index in [1.165, 1.54) is 6.33 Å². The first-order chi connectivity index (χ1) is 6.75. The Morgan fingerprint density at radius 2 is 2.36 bits per heavy atom. The Morgan fingerprint density at radius 1 is 1.50 bits per heavy atom. The number of amides is 1. The molecular formula is C8H9ClN4O. The van der Waals surface area contributed by atoms with Crippen LogP contribution in [-0.2, 0) is 4.79 Å². The van der Waals surface area contributed by atoms with E-state index in [1.54, 1.807) is 6.07 Å². The van der Waals surface area contributed by atoms with Gasteiger partial charge >= 0.3 is 0 Å². The highest BCUT2D eigenvalue weighted by Crippen LogP contribution is 2.14. The molecule has 1 N–H and O–H groups in total. The first kappa shape index (κ1) is 9.21. The van der Waals surface area contributed by atoms with Crippen LogP contribution in [0.3, 0.4) is 0 Å². The zero-order chi connectivity index (χ0) is 9.97. The maximum absolute atomic E-state index is 11.1. The van der Waals surface area contributed by atoms with Crippen molar-refractivity contribution < 1.29 is 4.79 Å². The van der Waals surface area contributed by atoms with Crippen LogP contribution in [0.4, 0.5) is 5.82 Å². The number of carbonyl (C=O) groups is 1. The van der Waals surface area contributed by atoms with E-state index >= 15 is 0 Å². The average Bonchev–Trinajstić information content (AvgIpc) is 2.18. The van der Waals surface area contributed by atoms with E-state index in [9.17, 15) is 4.79 Å². The van der Waals surface area contributed by atoms with E-state index in [-0.39, 0.29) is 5.91 Å². The molecule has 0 bridgehead atoms. The lowest BCUT2D eigenvalue weighted by atomic mass is 10.3. The summed E-state index contributed by atoms with van der Waals surface area (Å²) in [6.07, 6.45) is 1.39. The maximum Gasteiger partial charge on any atom is 0.239 e. The lowest BCUT2D eigenvalue weighted by Gasteiger charge is -2.27. The van der Waals surface area contributed by atoms with Gasteiger partial charge in [-0.05, 0) is 0 Å². The molecule has 0 atom stereocenters. The first-order valence-corrected chi connectivity index (χ1v) is 4.63. The molecule has 6 heteroatoms. The summed E-state index contributed by atoms with van der Waals surface area (Å²) in [7, 11) is 0. The summed E-state index contributed by atoms with van der Waals surface area (Å²) in [5.41, 5.74) is 0. The van der Waals surface area contributed by atoms with Gasteiger partial charge in [-0.1, -0.05) is 11.6 Å². The highest BCUT2D eigenvalue weighted by Gasteiger charge is 2.17. The second-order valence-electron chi connectivity index (χ2n) is 2.97. The van der Waals surface area contributed by atoms with Gasteiger partial charge in [-0.2, -0.15) is 0 Å². The summed E-state index contributed by atoms with van der Waals surface area (Å²) in [5.74, 6) is 0.700. The predicted octanol–water partition coefficient (Wildman–Crippen LogP) is 0.0662. The van der Waals surface area contributed by atoms with Gasteiger partial charge in [-0.25, -0.2) is 9.97 Å². The Labute approximate surface area is 86.1 Å². The molecule has 0 unspecified atom stereocenters. The third-order valence-electron chi connectivity index (χ3n) is 1.98. The lowest BCUT2D eigenvalue weighted by molar-refractivity contribution is -0.120. The number of carbonyl (C=O) groups excluding carboxylic acids is 1. The molecule has 5 nitrogen and oxygen atoms in total. The van der Waals surface area contributed by atoms with Gasteiger partial charge < -0.3 is 10.2 Å². The molecule has 1 amide bonds. The summed E-state index contributed by atoms with van der Waals surface area (Å²) >= 11 is 5.72. The molecule has 1 aromatic rings. The number of nitrogens with one attached hydrogen (secondary N) is 1. The molecule has 74 valence electrons. The van der Waals surface area contributed by atoms with Gasteiger partial charge in [0, 0.05) is 19.2 Å². The van der Waals surface area contributed by atoms with E-state index in [0.717, 1.165) is 6.54 Å². The fourth-order valence-corrected chi connectivity index (χ4v) is 1.47. The number of nitrogens with zero attached hydrogens (tertiary/aromatic N) is 3. The van der Waals surface area contributed by atoms with Crippen molar-refractivity contribution >= 4 is 23.3 Å². The highest BCUT2D eigenvalue weighted by atomic mass is 35.5. The number of rotatable bonds is 1. The van der Waals surface area contributed by atoms with Gasteiger partial charge in [-0.15, -0.1) is 0 Å². The molecule has 1 aliphatic rings. The molecule has 1 aliphatic heterocycles. The second kappa shape index (κ2) is 3.79. The van der Waals surface area contributed by atoms with Crippen molar-refractivity contribution in [2.24, 2.45) is 0 Å². The maximum atomic E-state index is 11.1. The molecule has 2 rings (SSSR count). The fraction of sp³-hybridized carbons (Fsp3) is 0.375. The van der Waals surface area contributed by atoms with Gasteiger partial charge in [0.25, 0.3) is 0 Å². The van der Waals surface area contributed by atoms with E-state index < -0.39 is 0 Å². The average molecular weight is 213 g/mol. The van der Waals surface area contributed by atoms with Crippen LogP contribution in [0, 0.1) is 0 Å². The van der Waals surface area contributed by atoms with Crippen molar-refractivity contribution in [2.45, 2.75) is 0 Å². The van der Waals surface area contributed by atoms with Crippen LogP contribution in [0.15, 0.2) is 12.4 Å². The SMILES string of the molecule is O=C1CN(c2cc(Cl)ncn2)CCN1. The normalized spacial score (nSPS) is 16.6. The van der Waals surface area contributed by atoms with Gasteiger partial charge in [0.05, 0.1) is 6.54 Å². The molecule has 0 saturated carbocycles. The molecule has 1 fully saturated rings. The van der Waals surface area contributed by atoms with Crippen molar-refractivity contribution in [3.05, 3.63) is 17.5 Å². The zero-order valence-corrected chi connectivity index (χ0v) is 8.16.